The molecule has 1 aromatic carbocycles. The van der Waals surface area contributed by atoms with Gasteiger partial charge in [-0.25, -0.2) is 27.5 Å². The van der Waals surface area contributed by atoms with Gasteiger partial charge in [0.15, 0.2) is 0 Å². The van der Waals surface area contributed by atoms with Crippen LogP contribution < -0.4 is 15.4 Å². The highest BCUT2D eigenvalue weighted by molar-refractivity contribution is 7.90. The Hall–Kier alpha value is -3.53. The number of hydrogen-bond acceptors (Lipinski definition) is 7. The van der Waals surface area contributed by atoms with Crippen molar-refractivity contribution in [3.05, 3.63) is 66.1 Å². The molecule has 1 atom stereocenters. The summed E-state index contributed by atoms with van der Waals surface area (Å²) in [5.74, 6) is -0.813. The first kappa shape index (κ1) is 23.6. The van der Waals surface area contributed by atoms with Crippen LogP contribution in [0.15, 0.2) is 59.6 Å². The van der Waals surface area contributed by atoms with Gasteiger partial charge < -0.3 is 10.6 Å². The van der Waals surface area contributed by atoms with Crippen molar-refractivity contribution >= 4 is 27.6 Å². The fourth-order valence-electron chi connectivity index (χ4n) is 4.11. The Morgan fingerprint density at radius 2 is 1.97 bits per heavy atom. The molecule has 8 nitrogen and oxygen atoms in total. The van der Waals surface area contributed by atoms with E-state index in [1.165, 1.54) is 36.5 Å². The molecule has 1 unspecified atom stereocenters. The number of nitrogens with zero attached hydrogens (tertiary/aromatic N) is 3. The Balaban J connectivity index is 1.79. The number of sulfonamides is 1. The normalized spacial score (nSPS) is 17.5. The monoisotopic (exact) mass is 483 g/mol. The lowest BCUT2D eigenvalue weighted by atomic mass is 9.90. The van der Waals surface area contributed by atoms with Gasteiger partial charge in [0.2, 0.25) is 0 Å². The first-order chi connectivity index (χ1) is 16.0. The van der Waals surface area contributed by atoms with Crippen LogP contribution in [-0.4, -0.2) is 36.4 Å². The standard InChI is InChI=1S/C24H26FN5O3S/c1-15-11-13-30(24(15,2)3)22-18(9-10-19(28-22)16-6-4-7-17(25)14-16)23(31)29-34(32,33)20-8-5-12-27-21(20)26/h4-10,12,14-15H,11,13H2,1-3H3,(H2,26,27)(H,29,31). The fourth-order valence-corrected chi connectivity index (χ4v) is 5.16. The van der Waals surface area contributed by atoms with Crippen molar-refractivity contribution in [3.63, 3.8) is 0 Å². The van der Waals surface area contributed by atoms with Gasteiger partial charge in [0.05, 0.1) is 11.3 Å². The second-order valence-electron chi connectivity index (χ2n) is 8.89. The molecule has 4 rings (SSSR count). The van der Waals surface area contributed by atoms with Gasteiger partial charge in [-0.1, -0.05) is 19.1 Å². The quantitative estimate of drug-likeness (QED) is 0.569. The molecule has 1 aliphatic rings. The van der Waals surface area contributed by atoms with Gasteiger partial charge in [0, 0.05) is 23.8 Å². The molecule has 1 saturated heterocycles. The van der Waals surface area contributed by atoms with E-state index in [9.17, 15) is 17.6 Å². The number of rotatable bonds is 5. The van der Waals surface area contributed by atoms with E-state index in [0.29, 0.717) is 29.5 Å². The number of anilines is 2. The average Bonchev–Trinajstić information content (AvgIpc) is 3.05. The van der Waals surface area contributed by atoms with Gasteiger partial charge in [-0.2, -0.15) is 0 Å². The molecular formula is C24H26FN5O3S. The van der Waals surface area contributed by atoms with E-state index in [1.807, 2.05) is 4.90 Å². The van der Waals surface area contributed by atoms with E-state index in [4.69, 9.17) is 10.7 Å². The molecule has 1 amide bonds. The topological polar surface area (TPSA) is 118 Å². The second-order valence-corrected chi connectivity index (χ2v) is 10.5. The predicted molar refractivity (Wildman–Crippen MR) is 128 cm³/mol. The van der Waals surface area contributed by atoms with Crippen molar-refractivity contribution in [2.45, 2.75) is 37.6 Å². The van der Waals surface area contributed by atoms with Crippen LogP contribution in [0.4, 0.5) is 16.0 Å². The molecule has 2 aromatic heterocycles. The number of nitrogen functional groups attached to an aromatic ring is 1. The van der Waals surface area contributed by atoms with Crippen molar-refractivity contribution in [3.8, 4) is 11.3 Å². The summed E-state index contributed by atoms with van der Waals surface area (Å²) in [7, 11) is -4.27. The van der Waals surface area contributed by atoms with Crippen LogP contribution in [-0.2, 0) is 10.0 Å². The molecule has 3 N–H and O–H groups in total. The summed E-state index contributed by atoms with van der Waals surface area (Å²) in [6.07, 6.45) is 2.24. The fraction of sp³-hybridized carbons (Fsp3) is 0.292. The lowest BCUT2D eigenvalue weighted by molar-refractivity contribution is 0.0981. The smallest absolute Gasteiger partial charge is 0.268 e. The number of halogens is 1. The Morgan fingerprint density at radius 3 is 2.62 bits per heavy atom. The maximum atomic E-state index is 13.8. The lowest BCUT2D eigenvalue weighted by Gasteiger charge is -2.36. The lowest BCUT2D eigenvalue weighted by Crippen LogP contribution is -2.43. The summed E-state index contributed by atoms with van der Waals surface area (Å²) >= 11 is 0. The van der Waals surface area contributed by atoms with E-state index in [-0.39, 0.29) is 21.8 Å². The van der Waals surface area contributed by atoms with Crippen LogP contribution in [0.2, 0.25) is 0 Å². The van der Waals surface area contributed by atoms with Crippen molar-refractivity contribution in [1.82, 2.24) is 14.7 Å². The number of nitrogens with two attached hydrogens (primary N) is 1. The van der Waals surface area contributed by atoms with Gasteiger partial charge in [-0.05, 0) is 62.6 Å². The van der Waals surface area contributed by atoms with Crippen molar-refractivity contribution < 1.29 is 17.6 Å². The molecule has 10 heteroatoms. The largest absolute Gasteiger partial charge is 0.383 e. The van der Waals surface area contributed by atoms with E-state index < -0.39 is 21.7 Å². The third-order valence-electron chi connectivity index (χ3n) is 6.50. The molecule has 3 heterocycles. The number of aromatic nitrogens is 2. The predicted octanol–water partition coefficient (Wildman–Crippen LogP) is 3.61. The number of carbonyl (C=O) groups excluding carboxylic acids is 1. The molecule has 178 valence electrons. The maximum absolute atomic E-state index is 13.8. The summed E-state index contributed by atoms with van der Waals surface area (Å²) in [5.41, 5.74) is 6.48. The van der Waals surface area contributed by atoms with Crippen molar-refractivity contribution in [2.24, 2.45) is 5.92 Å². The zero-order chi connectivity index (χ0) is 24.7. The second kappa shape index (κ2) is 8.68. The zero-order valence-electron chi connectivity index (χ0n) is 19.1. The molecule has 34 heavy (non-hydrogen) atoms. The minimum Gasteiger partial charge on any atom is -0.383 e. The SMILES string of the molecule is CC1CCN(c2nc(-c3cccc(F)c3)ccc2C(=O)NS(=O)(=O)c2cccnc2N)C1(C)C. The third kappa shape index (κ3) is 4.33. The van der Waals surface area contributed by atoms with Crippen LogP contribution >= 0.6 is 0 Å². The van der Waals surface area contributed by atoms with Gasteiger partial charge in [0.25, 0.3) is 15.9 Å². The number of nitrogens with one attached hydrogen (secondary N) is 1. The molecule has 1 fully saturated rings. The summed E-state index contributed by atoms with van der Waals surface area (Å²) in [6, 6.07) is 11.8. The molecule has 0 bridgehead atoms. The average molecular weight is 484 g/mol. The first-order valence-corrected chi connectivity index (χ1v) is 12.3. The number of carbonyl (C=O) groups is 1. The van der Waals surface area contributed by atoms with Gasteiger partial charge in [0.1, 0.15) is 22.3 Å². The number of amides is 1. The molecule has 3 aromatic rings. The Morgan fingerprint density at radius 1 is 1.21 bits per heavy atom. The highest BCUT2D eigenvalue weighted by Gasteiger charge is 2.41. The summed E-state index contributed by atoms with van der Waals surface area (Å²) in [5, 5.41) is 0. The van der Waals surface area contributed by atoms with E-state index in [0.717, 1.165) is 6.42 Å². The van der Waals surface area contributed by atoms with E-state index in [2.05, 4.69) is 30.5 Å². The molecule has 0 aliphatic carbocycles. The van der Waals surface area contributed by atoms with Gasteiger partial charge in [-0.3, -0.25) is 4.79 Å². The summed E-state index contributed by atoms with van der Waals surface area (Å²) in [4.78, 5) is 23.4. The van der Waals surface area contributed by atoms with Crippen molar-refractivity contribution in [2.75, 3.05) is 17.2 Å². The number of benzene rings is 1. The highest BCUT2D eigenvalue weighted by Crippen LogP contribution is 2.39. The highest BCUT2D eigenvalue weighted by atomic mass is 32.2. The Kier molecular flexibility index (Phi) is 6.03. The van der Waals surface area contributed by atoms with Crippen LogP contribution in [0.5, 0.6) is 0 Å². The Bertz CT molecular complexity index is 1360. The van der Waals surface area contributed by atoms with Gasteiger partial charge >= 0.3 is 0 Å². The third-order valence-corrected chi connectivity index (χ3v) is 7.88. The minimum absolute atomic E-state index is 0.0911. The van der Waals surface area contributed by atoms with Crippen molar-refractivity contribution in [1.29, 1.82) is 0 Å². The maximum Gasteiger partial charge on any atom is 0.268 e. The Labute approximate surface area is 198 Å². The molecule has 0 radical (unpaired) electrons. The van der Waals surface area contributed by atoms with Crippen LogP contribution in [0.1, 0.15) is 37.6 Å². The molecule has 0 saturated carbocycles. The minimum atomic E-state index is -4.27. The van der Waals surface area contributed by atoms with E-state index >= 15 is 0 Å². The van der Waals surface area contributed by atoms with E-state index in [1.54, 1.807) is 18.2 Å². The molecule has 0 spiro atoms. The summed E-state index contributed by atoms with van der Waals surface area (Å²) in [6.45, 7) is 6.86. The zero-order valence-corrected chi connectivity index (χ0v) is 19.9. The summed E-state index contributed by atoms with van der Waals surface area (Å²) < 4.78 is 41.6. The number of pyridine rings is 2. The van der Waals surface area contributed by atoms with Crippen LogP contribution in [0.25, 0.3) is 11.3 Å². The van der Waals surface area contributed by atoms with Crippen LogP contribution in [0, 0.1) is 11.7 Å². The first-order valence-electron chi connectivity index (χ1n) is 10.8. The van der Waals surface area contributed by atoms with Crippen LogP contribution in [0.3, 0.4) is 0 Å². The molecular weight excluding hydrogens is 457 g/mol. The van der Waals surface area contributed by atoms with Gasteiger partial charge in [-0.15, -0.1) is 0 Å². The number of hydrogen-bond donors (Lipinski definition) is 2. The molecule has 1 aliphatic heterocycles.